The summed E-state index contributed by atoms with van der Waals surface area (Å²) in [5.74, 6) is -0.652. The summed E-state index contributed by atoms with van der Waals surface area (Å²) in [6.07, 6.45) is 2.53. The van der Waals surface area contributed by atoms with E-state index in [2.05, 4.69) is 15.9 Å². The highest BCUT2D eigenvalue weighted by Crippen LogP contribution is 2.13. The van der Waals surface area contributed by atoms with E-state index in [0.717, 1.165) is 16.5 Å². The van der Waals surface area contributed by atoms with Crippen LogP contribution in [0.3, 0.4) is 0 Å². The Bertz CT molecular complexity index is 475. The van der Waals surface area contributed by atoms with Gasteiger partial charge in [0.1, 0.15) is 18.8 Å². The van der Waals surface area contributed by atoms with E-state index in [1.165, 1.54) is 12.5 Å². The third-order valence-corrected chi connectivity index (χ3v) is 2.99. The number of benzene rings is 1. The van der Waals surface area contributed by atoms with Crippen molar-refractivity contribution in [3.05, 3.63) is 46.0 Å². The summed E-state index contributed by atoms with van der Waals surface area (Å²) in [6, 6.07) is 8.08. The predicted octanol–water partition coefficient (Wildman–Crippen LogP) is 3.46. The molecule has 19 heavy (non-hydrogen) atoms. The van der Waals surface area contributed by atoms with Crippen molar-refractivity contribution >= 4 is 27.7 Å². The third-order valence-electron chi connectivity index (χ3n) is 2.47. The average molecular weight is 325 g/mol. The lowest BCUT2D eigenvalue weighted by Gasteiger charge is -2.04. The van der Waals surface area contributed by atoms with Crippen LogP contribution in [-0.4, -0.2) is 18.4 Å². The molecule has 0 saturated heterocycles. The van der Waals surface area contributed by atoms with Crippen LogP contribution in [0.2, 0.25) is 0 Å². The van der Waals surface area contributed by atoms with Crippen LogP contribution in [0.25, 0.3) is 0 Å². The Kier molecular flexibility index (Phi) is 6.50. The van der Waals surface area contributed by atoms with Gasteiger partial charge in [0.25, 0.3) is 0 Å². The van der Waals surface area contributed by atoms with Crippen LogP contribution in [-0.2, 0) is 20.7 Å². The van der Waals surface area contributed by atoms with Gasteiger partial charge in [-0.3, -0.25) is 9.59 Å². The minimum Gasteiger partial charge on any atom is -0.461 e. The summed E-state index contributed by atoms with van der Waals surface area (Å²) in [6.45, 7) is 3.57. The van der Waals surface area contributed by atoms with Gasteiger partial charge in [-0.25, -0.2) is 0 Å². The van der Waals surface area contributed by atoms with E-state index in [4.69, 9.17) is 4.74 Å². The molecule has 0 amide bonds. The van der Waals surface area contributed by atoms with E-state index < -0.39 is 5.97 Å². The van der Waals surface area contributed by atoms with Crippen molar-refractivity contribution in [2.24, 2.45) is 0 Å². The van der Waals surface area contributed by atoms with Crippen molar-refractivity contribution in [2.45, 2.75) is 26.7 Å². The zero-order valence-electron chi connectivity index (χ0n) is 11.1. The van der Waals surface area contributed by atoms with E-state index in [1.54, 1.807) is 0 Å². The molecule has 1 aromatic carbocycles. The number of rotatable bonds is 6. The molecule has 1 rings (SSSR count). The molecule has 0 aliphatic carbocycles. The molecule has 0 spiro atoms. The van der Waals surface area contributed by atoms with E-state index in [0.29, 0.717) is 0 Å². The lowest BCUT2D eigenvalue weighted by Crippen LogP contribution is -2.09. The molecule has 1 aromatic rings. The highest BCUT2D eigenvalue weighted by atomic mass is 79.9. The van der Waals surface area contributed by atoms with E-state index in [9.17, 15) is 9.59 Å². The van der Waals surface area contributed by atoms with Crippen LogP contribution in [0.5, 0.6) is 0 Å². The second-order valence-corrected chi connectivity index (χ2v) is 5.33. The lowest BCUT2D eigenvalue weighted by atomic mass is 10.1. The first-order valence-corrected chi connectivity index (χ1v) is 6.82. The number of carbonyl (C=O) groups excluding carboxylic acids is 2. The van der Waals surface area contributed by atoms with Gasteiger partial charge in [0.05, 0.1) is 0 Å². The highest BCUT2D eigenvalue weighted by Gasteiger charge is 2.04. The number of ether oxygens (including phenoxy) is 1. The number of Topliss-reactive ketones (excluding diaryl/α,β-unsaturated/α-hetero) is 1. The summed E-state index contributed by atoms with van der Waals surface area (Å²) in [7, 11) is 0. The van der Waals surface area contributed by atoms with Gasteiger partial charge in [0, 0.05) is 4.47 Å². The molecular formula is C15H17BrO3. The van der Waals surface area contributed by atoms with Gasteiger partial charge >= 0.3 is 5.97 Å². The normalized spacial score (nSPS) is 11.2. The first kappa shape index (κ1) is 15.6. The fourth-order valence-electron chi connectivity index (χ4n) is 1.53. The van der Waals surface area contributed by atoms with Crippen LogP contribution < -0.4 is 0 Å². The van der Waals surface area contributed by atoms with Crippen molar-refractivity contribution in [3.63, 3.8) is 0 Å². The SMILES string of the molecule is CC(=O)CC(=O)OCC=C(C)Cc1ccc(Br)cc1. The third kappa shape index (κ3) is 6.91. The number of hydrogen-bond donors (Lipinski definition) is 0. The molecule has 4 heteroatoms. The van der Waals surface area contributed by atoms with Gasteiger partial charge in [-0.05, 0) is 44.0 Å². The summed E-state index contributed by atoms with van der Waals surface area (Å²) in [5, 5.41) is 0. The Hall–Kier alpha value is -1.42. The first-order valence-electron chi connectivity index (χ1n) is 6.02. The van der Waals surface area contributed by atoms with Crippen molar-refractivity contribution in [3.8, 4) is 0 Å². The number of halogens is 1. The van der Waals surface area contributed by atoms with Crippen LogP contribution in [0, 0.1) is 0 Å². The molecule has 0 saturated carbocycles. The molecule has 0 aliphatic heterocycles. The lowest BCUT2D eigenvalue weighted by molar-refractivity contribution is -0.144. The predicted molar refractivity (Wildman–Crippen MR) is 77.9 cm³/mol. The molecule has 0 aromatic heterocycles. The van der Waals surface area contributed by atoms with Gasteiger partial charge in [0.15, 0.2) is 0 Å². The summed E-state index contributed by atoms with van der Waals surface area (Å²) in [5.41, 5.74) is 2.32. The Morgan fingerprint density at radius 1 is 1.21 bits per heavy atom. The second kappa shape index (κ2) is 7.89. The maximum absolute atomic E-state index is 11.2. The summed E-state index contributed by atoms with van der Waals surface area (Å²) in [4.78, 5) is 21.9. The Morgan fingerprint density at radius 2 is 1.84 bits per heavy atom. The standard InChI is InChI=1S/C15H17BrO3/c1-11(7-8-19-15(18)10-12(2)17)9-13-3-5-14(16)6-4-13/h3-7H,8-10H2,1-2H3. The maximum atomic E-state index is 11.2. The second-order valence-electron chi connectivity index (χ2n) is 4.42. The van der Waals surface area contributed by atoms with E-state index >= 15 is 0 Å². The van der Waals surface area contributed by atoms with Crippen LogP contribution >= 0.6 is 15.9 Å². The molecule has 0 bridgehead atoms. The number of carbonyl (C=O) groups is 2. The van der Waals surface area contributed by atoms with Crippen LogP contribution in [0.4, 0.5) is 0 Å². The maximum Gasteiger partial charge on any atom is 0.313 e. The molecule has 0 fully saturated rings. The van der Waals surface area contributed by atoms with Gasteiger partial charge in [-0.15, -0.1) is 0 Å². The Morgan fingerprint density at radius 3 is 2.42 bits per heavy atom. The average Bonchev–Trinajstić information content (AvgIpc) is 2.31. The first-order chi connectivity index (χ1) is 8.97. The van der Waals surface area contributed by atoms with Crippen molar-refractivity contribution in [1.29, 1.82) is 0 Å². The highest BCUT2D eigenvalue weighted by molar-refractivity contribution is 9.10. The largest absolute Gasteiger partial charge is 0.461 e. The Balaban J connectivity index is 2.39. The quantitative estimate of drug-likeness (QED) is 0.457. The topological polar surface area (TPSA) is 43.4 Å². The van der Waals surface area contributed by atoms with Crippen LogP contribution in [0.15, 0.2) is 40.4 Å². The summed E-state index contributed by atoms with van der Waals surface area (Å²) < 4.78 is 5.99. The molecule has 0 aliphatic rings. The molecule has 0 radical (unpaired) electrons. The van der Waals surface area contributed by atoms with Gasteiger partial charge in [-0.2, -0.15) is 0 Å². The molecule has 102 valence electrons. The molecule has 0 unspecified atom stereocenters. The van der Waals surface area contributed by atoms with Crippen molar-refractivity contribution in [2.75, 3.05) is 6.61 Å². The number of esters is 1. The zero-order valence-corrected chi connectivity index (χ0v) is 12.7. The monoisotopic (exact) mass is 324 g/mol. The van der Waals surface area contributed by atoms with Crippen molar-refractivity contribution < 1.29 is 14.3 Å². The summed E-state index contributed by atoms with van der Waals surface area (Å²) >= 11 is 3.39. The minimum absolute atomic E-state index is 0.153. The molecule has 0 heterocycles. The van der Waals surface area contributed by atoms with Gasteiger partial charge in [-0.1, -0.05) is 33.6 Å². The van der Waals surface area contributed by atoms with E-state index in [1.807, 2.05) is 37.3 Å². The van der Waals surface area contributed by atoms with E-state index in [-0.39, 0.29) is 18.8 Å². The van der Waals surface area contributed by atoms with Crippen LogP contribution in [0.1, 0.15) is 25.8 Å². The number of allylic oxidation sites excluding steroid dienone is 1. The minimum atomic E-state index is -0.472. The van der Waals surface area contributed by atoms with Gasteiger partial charge in [0.2, 0.25) is 0 Å². The molecule has 3 nitrogen and oxygen atoms in total. The molecule has 0 atom stereocenters. The zero-order chi connectivity index (χ0) is 14.3. The fraction of sp³-hybridized carbons (Fsp3) is 0.333. The molecule has 0 N–H and O–H groups in total. The molecular weight excluding hydrogens is 308 g/mol. The van der Waals surface area contributed by atoms with Crippen molar-refractivity contribution in [1.82, 2.24) is 0 Å². The Labute approximate surface area is 121 Å². The number of hydrogen-bond acceptors (Lipinski definition) is 3. The fourth-order valence-corrected chi connectivity index (χ4v) is 1.79. The smallest absolute Gasteiger partial charge is 0.313 e. The van der Waals surface area contributed by atoms with Gasteiger partial charge < -0.3 is 4.74 Å². The number of ketones is 1.